The number of anilines is 1. The zero-order chi connectivity index (χ0) is 26.2. The van der Waals surface area contributed by atoms with Gasteiger partial charge >= 0.3 is 6.18 Å². The lowest BCUT2D eigenvalue weighted by molar-refractivity contribution is -0.173. The topological polar surface area (TPSA) is 53.4 Å². The summed E-state index contributed by atoms with van der Waals surface area (Å²) in [5.41, 5.74) is 1.28. The van der Waals surface area contributed by atoms with E-state index in [0.717, 1.165) is 45.6 Å². The smallest absolute Gasteiger partial charge is 0.363 e. The lowest BCUT2D eigenvalue weighted by atomic mass is 9.52. The van der Waals surface area contributed by atoms with E-state index in [1.807, 2.05) is 29.2 Å². The third kappa shape index (κ3) is 4.17. The standard InChI is InChI=1S/C28H33BrF3N5O/c29-21-3-1-20(2-4-21)23-12-24(28(30,31)32)37-25(34-23)22(16-33-37)26(38)35-5-7-36(8-6-35)27-13-17-9-18(14-27)11-19(10-17)15-27/h1-4,16-19,23-24,34H,5-15H2/t17?,18?,19?,23-,24+,27?/m0/s1. The Morgan fingerprint density at radius 3 is 2.13 bits per heavy atom. The summed E-state index contributed by atoms with van der Waals surface area (Å²) in [6, 6.07) is 4.90. The Kier molecular flexibility index (Phi) is 5.89. The van der Waals surface area contributed by atoms with Gasteiger partial charge in [-0.25, -0.2) is 4.68 Å². The second kappa shape index (κ2) is 8.98. The number of rotatable bonds is 3. The Morgan fingerprint density at radius 2 is 1.55 bits per heavy atom. The van der Waals surface area contributed by atoms with Crippen LogP contribution in [0.3, 0.4) is 0 Å². The number of alkyl halides is 3. The number of piperazine rings is 1. The minimum atomic E-state index is -4.47. The molecule has 1 aromatic heterocycles. The van der Waals surface area contributed by atoms with E-state index in [2.05, 4.69) is 31.2 Å². The van der Waals surface area contributed by atoms with Crippen molar-refractivity contribution < 1.29 is 18.0 Å². The summed E-state index contributed by atoms with van der Waals surface area (Å²) in [4.78, 5) is 18.1. The summed E-state index contributed by atoms with van der Waals surface area (Å²) < 4.78 is 44.1. The molecular formula is C28H33BrF3N5O. The number of halogens is 4. The molecule has 2 atom stereocenters. The molecule has 6 nitrogen and oxygen atoms in total. The van der Waals surface area contributed by atoms with Gasteiger partial charge in [-0.05, 0) is 74.0 Å². The maximum absolute atomic E-state index is 14.1. The molecule has 1 N–H and O–H groups in total. The lowest BCUT2D eigenvalue weighted by Crippen LogP contribution is -2.64. The van der Waals surface area contributed by atoms with E-state index in [9.17, 15) is 18.0 Å². The summed E-state index contributed by atoms with van der Waals surface area (Å²) >= 11 is 3.39. The monoisotopic (exact) mass is 591 g/mol. The summed E-state index contributed by atoms with van der Waals surface area (Å²) in [5.74, 6) is 2.53. The fraction of sp³-hybridized carbons (Fsp3) is 0.643. The molecule has 0 spiro atoms. The molecule has 10 heteroatoms. The van der Waals surface area contributed by atoms with E-state index in [1.165, 1.54) is 44.7 Å². The van der Waals surface area contributed by atoms with Crippen molar-refractivity contribution in [3.63, 3.8) is 0 Å². The number of nitrogens with one attached hydrogen (secondary N) is 1. The van der Waals surface area contributed by atoms with Gasteiger partial charge in [0.1, 0.15) is 11.4 Å². The average Bonchev–Trinajstić information content (AvgIpc) is 3.31. The van der Waals surface area contributed by atoms with E-state index in [1.54, 1.807) is 0 Å². The summed E-state index contributed by atoms with van der Waals surface area (Å²) in [6.45, 7) is 2.87. The number of fused-ring (bicyclic) bond motifs is 1. The van der Waals surface area contributed by atoms with Crippen molar-refractivity contribution in [3.8, 4) is 0 Å². The maximum Gasteiger partial charge on any atom is 0.410 e. The van der Waals surface area contributed by atoms with Gasteiger partial charge in [0.2, 0.25) is 0 Å². The van der Waals surface area contributed by atoms with Crippen molar-refractivity contribution in [2.45, 2.75) is 68.7 Å². The summed E-state index contributed by atoms with van der Waals surface area (Å²) in [7, 11) is 0. The molecule has 38 heavy (non-hydrogen) atoms. The molecule has 4 aliphatic carbocycles. The van der Waals surface area contributed by atoms with E-state index >= 15 is 0 Å². The van der Waals surface area contributed by atoms with Crippen LogP contribution in [0.1, 0.15) is 73.0 Å². The zero-order valence-corrected chi connectivity index (χ0v) is 22.8. The van der Waals surface area contributed by atoms with Gasteiger partial charge in [0.05, 0.1) is 12.2 Å². The van der Waals surface area contributed by atoms with Crippen molar-refractivity contribution in [3.05, 3.63) is 46.1 Å². The van der Waals surface area contributed by atoms with Crippen LogP contribution in [0.2, 0.25) is 0 Å². The van der Waals surface area contributed by atoms with Crippen LogP contribution in [-0.4, -0.2) is 63.4 Å². The van der Waals surface area contributed by atoms with Crippen molar-refractivity contribution in [1.29, 1.82) is 0 Å². The molecule has 2 aromatic rings. The number of benzene rings is 1. The first-order chi connectivity index (χ1) is 18.2. The van der Waals surface area contributed by atoms with Crippen molar-refractivity contribution in [1.82, 2.24) is 19.6 Å². The van der Waals surface area contributed by atoms with E-state index < -0.39 is 18.3 Å². The van der Waals surface area contributed by atoms with Crippen LogP contribution in [0.5, 0.6) is 0 Å². The minimum Gasteiger partial charge on any atom is -0.363 e. The number of carbonyl (C=O) groups is 1. The molecule has 4 saturated carbocycles. The van der Waals surface area contributed by atoms with Gasteiger partial charge in [0.15, 0.2) is 6.04 Å². The van der Waals surface area contributed by atoms with Crippen LogP contribution >= 0.6 is 15.9 Å². The highest BCUT2D eigenvalue weighted by Gasteiger charge is 2.54. The van der Waals surface area contributed by atoms with Crippen LogP contribution in [0, 0.1) is 17.8 Å². The second-order valence-electron chi connectivity index (χ2n) is 12.3. The van der Waals surface area contributed by atoms with Crippen molar-refractivity contribution >= 4 is 27.7 Å². The number of aromatic nitrogens is 2. The van der Waals surface area contributed by atoms with Crippen LogP contribution in [0.4, 0.5) is 19.0 Å². The van der Waals surface area contributed by atoms with E-state index in [-0.39, 0.29) is 23.7 Å². The largest absolute Gasteiger partial charge is 0.410 e. The highest BCUT2D eigenvalue weighted by Crippen LogP contribution is 2.58. The van der Waals surface area contributed by atoms with Gasteiger partial charge in [0.25, 0.3) is 5.91 Å². The molecule has 1 amide bonds. The van der Waals surface area contributed by atoms with Crippen LogP contribution < -0.4 is 5.32 Å². The molecule has 8 rings (SSSR count). The van der Waals surface area contributed by atoms with Gasteiger partial charge in [-0.1, -0.05) is 28.1 Å². The Balaban J connectivity index is 1.10. The fourth-order valence-electron chi connectivity index (χ4n) is 8.64. The number of carbonyl (C=O) groups excluding carboxylic acids is 1. The third-order valence-corrected chi connectivity index (χ3v) is 10.5. The van der Waals surface area contributed by atoms with Crippen molar-refractivity contribution in [2.75, 3.05) is 31.5 Å². The maximum atomic E-state index is 14.1. The summed E-state index contributed by atoms with van der Waals surface area (Å²) in [6.07, 6.45) is 4.75. The molecule has 1 aromatic carbocycles. The highest BCUT2D eigenvalue weighted by atomic mass is 79.9. The highest BCUT2D eigenvalue weighted by molar-refractivity contribution is 9.10. The molecule has 4 bridgehead atoms. The first kappa shape index (κ1) is 24.9. The number of nitrogens with zero attached hydrogens (tertiary/aromatic N) is 4. The zero-order valence-electron chi connectivity index (χ0n) is 21.3. The van der Waals surface area contributed by atoms with Crippen LogP contribution in [-0.2, 0) is 0 Å². The Morgan fingerprint density at radius 1 is 0.947 bits per heavy atom. The van der Waals surface area contributed by atoms with E-state index in [4.69, 9.17) is 0 Å². The molecule has 2 aliphatic heterocycles. The first-order valence-electron chi connectivity index (χ1n) is 13.9. The van der Waals surface area contributed by atoms with Gasteiger partial charge in [-0.3, -0.25) is 9.69 Å². The Labute approximate surface area is 229 Å². The molecule has 3 heterocycles. The number of amides is 1. The molecular weight excluding hydrogens is 559 g/mol. The average molecular weight is 593 g/mol. The first-order valence-corrected chi connectivity index (χ1v) is 14.7. The van der Waals surface area contributed by atoms with Crippen LogP contribution in [0.25, 0.3) is 0 Å². The predicted octanol–water partition coefficient (Wildman–Crippen LogP) is 6.03. The lowest BCUT2D eigenvalue weighted by Gasteiger charge is -2.61. The Hall–Kier alpha value is -2.07. The van der Waals surface area contributed by atoms with Gasteiger partial charge in [-0.15, -0.1) is 0 Å². The van der Waals surface area contributed by atoms with Gasteiger partial charge in [-0.2, -0.15) is 18.3 Å². The molecule has 5 fully saturated rings. The molecule has 1 saturated heterocycles. The van der Waals surface area contributed by atoms with Gasteiger partial charge in [0, 0.05) is 42.6 Å². The number of hydrogen-bond donors (Lipinski definition) is 1. The van der Waals surface area contributed by atoms with Gasteiger partial charge < -0.3 is 10.2 Å². The Bertz CT molecular complexity index is 1180. The van der Waals surface area contributed by atoms with E-state index in [0.29, 0.717) is 18.6 Å². The molecule has 0 unspecified atom stereocenters. The summed E-state index contributed by atoms with van der Waals surface area (Å²) in [5, 5.41) is 7.30. The fourth-order valence-corrected chi connectivity index (χ4v) is 8.90. The minimum absolute atomic E-state index is 0.167. The number of hydrogen-bond acceptors (Lipinski definition) is 4. The van der Waals surface area contributed by atoms with Crippen LogP contribution in [0.15, 0.2) is 34.9 Å². The second-order valence-corrected chi connectivity index (χ2v) is 13.2. The molecule has 6 aliphatic rings. The predicted molar refractivity (Wildman–Crippen MR) is 141 cm³/mol. The SMILES string of the molecule is O=C(c1cnn2c1N[C@H](c1ccc(Br)cc1)C[C@@H]2C(F)(F)F)N1CCN(C23CC4CC(CC(C4)C2)C3)CC1. The molecule has 204 valence electrons. The quantitative estimate of drug-likeness (QED) is 0.473. The third-order valence-electron chi connectivity index (χ3n) is 9.98. The van der Waals surface area contributed by atoms with Crippen molar-refractivity contribution in [2.24, 2.45) is 17.8 Å². The molecule has 0 radical (unpaired) electrons. The normalized spacial score (nSPS) is 34.7.